The zero-order valence-electron chi connectivity index (χ0n) is 10.8. The summed E-state index contributed by atoms with van der Waals surface area (Å²) in [6.07, 6.45) is 0.274. The lowest BCUT2D eigenvalue weighted by Gasteiger charge is -2.26. The third kappa shape index (κ3) is 4.59. The van der Waals surface area contributed by atoms with E-state index in [2.05, 4.69) is 21.2 Å². The van der Waals surface area contributed by atoms with Gasteiger partial charge >= 0.3 is 0 Å². The van der Waals surface area contributed by atoms with Crippen molar-refractivity contribution >= 4 is 39.1 Å². The molecule has 0 aliphatic carbocycles. The lowest BCUT2D eigenvalue weighted by atomic mass is 9.85. The molecule has 0 spiro atoms. The number of nitrogens with two attached hydrogens (primary N) is 1. The highest BCUT2D eigenvalue weighted by atomic mass is 79.9. The second kappa shape index (κ2) is 6.04. The van der Waals surface area contributed by atoms with Gasteiger partial charge in [0.05, 0.1) is 10.7 Å². The maximum Gasteiger partial charge on any atom is 0.225 e. The summed E-state index contributed by atoms with van der Waals surface area (Å²) in [7, 11) is 0. The number of nitrogens with one attached hydrogen (secondary N) is 1. The highest BCUT2D eigenvalue weighted by Gasteiger charge is 2.23. The van der Waals surface area contributed by atoms with Gasteiger partial charge in [0, 0.05) is 16.9 Å². The summed E-state index contributed by atoms with van der Waals surface area (Å²) in [4.78, 5) is 11.8. The third-order valence-corrected chi connectivity index (χ3v) is 3.53. The van der Waals surface area contributed by atoms with Gasteiger partial charge in [0.2, 0.25) is 5.91 Å². The molecule has 0 saturated carbocycles. The Labute approximate surface area is 121 Å². The molecule has 0 fully saturated rings. The SMILES string of the molecule is CC(C)(C)C(N)CC(=O)Nc1ccc(Br)cc1Cl. The molecule has 3 N–H and O–H groups in total. The quantitative estimate of drug-likeness (QED) is 0.884. The van der Waals surface area contributed by atoms with Crippen LogP contribution in [-0.2, 0) is 4.79 Å². The molecule has 1 unspecified atom stereocenters. The fourth-order valence-electron chi connectivity index (χ4n) is 1.30. The minimum atomic E-state index is -0.188. The van der Waals surface area contributed by atoms with Crippen molar-refractivity contribution in [3.05, 3.63) is 27.7 Å². The molecule has 18 heavy (non-hydrogen) atoms. The van der Waals surface area contributed by atoms with E-state index in [1.807, 2.05) is 26.8 Å². The van der Waals surface area contributed by atoms with Gasteiger partial charge in [0.25, 0.3) is 0 Å². The molecule has 0 aromatic heterocycles. The summed E-state index contributed by atoms with van der Waals surface area (Å²) >= 11 is 9.34. The zero-order chi connectivity index (χ0) is 13.9. The van der Waals surface area contributed by atoms with Crippen molar-refractivity contribution in [3.8, 4) is 0 Å². The van der Waals surface area contributed by atoms with Gasteiger partial charge in [-0.05, 0) is 23.6 Å². The first-order chi connectivity index (χ1) is 8.20. The molecule has 0 radical (unpaired) electrons. The molecule has 1 aromatic carbocycles. The molecular formula is C13H18BrClN2O. The van der Waals surface area contributed by atoms with E-state index in [9.17, 15) is 4.79 Å². The predicted octanol–water partition coefficient (Wildman–Crippen LogP) is 3.80. The fourth-order valence-corrected chi connectivity index (χ4v) is 2.02. The van der Waals surface area contributed by atoms with Gasteiger partial charge < -0.3 is 11.1 Å². The van der Waals surface area contributed by atoms with E-state index in [-0.39, 0.29) is 23.8 Å². The molecule has 5 heteroatoms. The Hall–Kier alpha value is -0.580. The number of halogens is 2. The van der Waals surface area contributed by atoms with Crippen LogP contribution in [0.5, 0.6) is 0 Å². The Morgan fingerprint density at radius 1 is 1.50 bits per heavy atom. The van der Waals surface area contributed by atoms with E-state index in [1.165, 1.54) is 0 Å². The van der Waals surface area contributed by atoms with Crippen LogP contribution in [0.2, 0.25) is 5.02 Å². The van der Waals surface area contributed by atoms with Crippen LogP contribution in [0.1, 0.15) is 27.2 Å². The number of anilines is 1. The van der Waals surface area contributed by atoms with Crippen molar-refractivity contribution in [1.29, 1.82) is 0 Å². The fraction of sp³-hybridized carbons (Fsp3) is 0.462. The van der Waals surface area contributed by atoms with Crippen molar-refractivity contribution in [2.45, 2.75) is 33.2 Å². The lowest BCUT2D eigenvalue weighted by molar-refractivity contribution is -0.117. The molecule has 0 heterocycles. The molecule has 1 amide bonds. The monoisotopic (exact) mass is 332 g/mol. The van der Waals surface area contributed by atoms with Crippen LogP contribution >= 0.6 is 27.5 Å². The van der Waals surface area contributed by atoms with Crippen LogP contribution < -0.4 is 11.1 Å². The normalized spacial score (nSPS) is 13.2. The van der Waals surface area contributed by atoms with Crippen molar-refractivity contribution < 1.29 is 4.79 Å². The molecule has 1 aromatic rings. The van der Waals surface area contributed by atoms with Crippen LogP contribution in [0.3, 0.4) is 0 Å². The summed E-state index contributed by atoms with van der Waals surface area (Å²) in [5.74, 6) is -0.123. The van der Waals surface area contributed by atoms with Gasteiger partial charge in [-0.15, -0.1) is 0 Å². The standard InChI is InChI=1S/C13H18BrClN2O/c1-13(2,3)11(16)7-12(18)17-10-5-4-8(14)6-9(10)15/h4-6,11H,7,16H2,1-3H3,(H,17,18). The largest absolute Gasteiger partial charge is 0.327 e. The van der Waals surface area contributed by atoms with Crippen LogP contribution in [-0.4, -0.2) is 11.9 Å². The summed E-state index contributed by atoms with van der Waals surface area (Å²) in [6.45, 7) is 6.03. The van der Waals surface area contributed by atoms with Gasteiger partial charge in [-0.1, -0.05) is 48.3 Å². The van der Waals surface area contributed by atoms with Crippen LogP contribution in [0.15, 0.2) is 22.7 Å². The summed E-state index contributed by atoms with van der Waals surface area (Å²) in [6, 6.07) is 5.13. The second-order valence-corrected chi connectivity index (χ2v) is 6.67. The lowest BCUT2D eigenvalue weighted by Crippen LogP contribution is -2.38. The first kappa shape index (κ1) is 15.5. The minimum Gasteiger partial charge on any atom is -0.327 e. The highest BCUT2D eigenvalue weighted by Crippen LogP contribution is 2.26. The Kier molecular flexibility index (Phi) is 5.20. The topological polar surface area (TPSA) is 55.1 Å². The molecule has 0 aliphatic heterocycles. The van der Waals surface area contributed by atoms with Gasteiger partial charge in [-0.3, -0.25) is 4.79 Å². The van der Waals surface area contributed by atoms with Crippen molar-refractivity contribution in [2.75, 3.05) is 5.32 Å². The smallest absolute Gasteiger partial charge is 0.225 e. The third-order valence-electron chi connectivity index (χ3n) is 2.72. The predicted molar refractivity (Wildman–Crippen MR) is 79.8 cm³/mol. The average molecular weight is 334 g/mol. The van der Waals surface area contributed by atoms with Gasteiger partial charge in [-0.25, -0.2) is 0 Å². The number of amides is 1. The number of rotatable bonds is 3. The van der Waals surface area contributed by atoms with Crippen molar-refractivity contribution in [3.63, 3.8) is 0 Å². The van der Waals surface area contributed by atoms with Crippen LogP contribution in [0.4, 0.5) is 5.69 Å². The summed E-state index contributed by atoms with van der Waals surface area (Å²) < 4.78 is 0.872. The van der Waals surface area contributed by atoms with Crippen LogP contribution in [0.25, 0.3) is 0 Å². The van der Waals surface area contributed by atoms with Crippen molar-refractivity contribution in [2.24, 2.45) is 11.1 Å². The Morgan fingerprint density at radius 2 is 2.11 bits per heavy atom. The maximum absolute atomic E-state index is 11.8. The highest BCUT2D eigenvalue weighted by molar-refractivity contribution is 9.10. The summed E-state index contributed by atoms with van der Waals surface area (Å²) in [5, 5.41) is 3.27. The minimum absolute atomic E-state index is 0.0964. The van der Waals surface area contributed by atoms with E-state index < -0.39 is 0 Å². The molecule has 1 atom stereocenters. The summed E-state index contributed by atoms with van der Waals surface area (Å²) in [5.41, 5.74) is 6.47. The zero-order valence-corrected chi connectivity index (χ0v) is 13.1. The number of benzene rings is 1. The molecule has 100 valence electrons. The number of hydrogen-bond acceptors (Lipinski definition) is 2. The Balaban J connectivity index is 2.65. The van der Waals surface area contributed by atoms with E-state index in [0.29, 0.717) is 10.7 Å². The maximum atomic E-state index is 11.8. The number of carbonyl (C=O) groups excluding carboxylic acids is 1. The Morgan fingerprint density at radius 3 is 2.61 bits per heavy atom. The van der Waals surface area contributed by atoms with Gasteiger partial charge in [0.1, 0.15) is 0 Å². The molecule has 0 saturated heterocycles. The average Bonchev–Trinajstić information content (AvgIpc) is 2.20. The van der Waals surface area contributed by atoms with Gasteiger partial charge in [0.15, 0.2) is 0 Å². The first-order valence-corrected chi connectivity index (χ1v) is 6.87. The molecular weight excluding hydrogens is 316 g/mol. The number of hydrogen-bond donors (Lipinski definition) is 2. The van der Waals surface area contributed by atoms with Crippen LogP contribution in [0, 0.1) is 5.41 Å². The molecule has 0 aliphatic rings. The molecule has 0 bridgehead atoms. The van der Waals surface area contributed by atoms with E-state index in [4.69, 9.17) is 17.3 Å². The molecule has 3 nitrogen and oxygen atoms in total. The Bertz CT molecular complexity index is 443. The first-order valence-electron chi connectivity index (χ1n) is 5.70. The molecule has 1 rings (SSSR count). The van der Waals surface area contributed by atoms with E-state index >= 15 is 0 Å². The number of carbonyl (C=O) groups is 1. The second-order valence-electron chi connectivity index (χ2n) is 5.35. The van der Waals surface area contributed by atoms with E-state index in [0.717, 1.165) is 4.47 Å². The van der Waals surface area contributed by atoms with Gasteiger partial charge in [-0.2, -0.15) is 0 Å². The van der Waals surface area contributed by atoms with E-state index in [1.54, 1.807) is 12.1 Å². The van der Waals surface area contributed by atoms with Crippen molar-refractivity contribution in [1.82, 2.24) is 0 Å².